The van der Waals surface area contributed by atoms with E-state index in [1.54, 1.807) is 6.92 Å². The van der Waals surface area contributed by atoms with Crippen molar-refractivity contribution in [2.24, 2.45) is 5.92 Å². The van der Waals surface area contributed by atoms with Crippen molar-refractivity contribution in [1.82, 2.24) is 10.6 Å². The fraction of sp³-hybridized carbons (Fsp3) is 0.364. The molecule has 0 bridgehead atoms. The van der Waals surface area contributed by atoms with Crippen molar-refractivity contribution >= 4 is 19.5 Å². The van der Waals surface area contributed by atoms with Crippen molar-refractivity contribution in [2.45, 2.75) is 38.8 Å². The normalized spacial score (nSPS) is 14.5. The molecule has 31 heavy (non-hydrogen) atoms. The highest BCUT2D eigenvalue weighted by Gasteiger charge is 2.30. The second kappa shape index (κ2) is 11.2. The molecule has 5 N–H and O–H groups in total. The van der Waals surface area contributed by atoms with E-state index in [2.05, 4.69) is 10.6 Å². The number of benzene rings is 2. The van der Waals surface area contributed by atoms with Crippen molar-refractivity contribution < 1.29 is 29.0 Å². The number of carbonyl (C=O) groups excluding carboxylic acids is 1. The van der Waals surface area contributed by atoms with Gasteiger partial charge in [-0.25, -0.2) is 4.79 Å². The minimum atomic E-state index is -4.36. The number of aliphatic carboxylic acids is 1. The van der Waals surface area contributed by atoms with Gasteiger partial charge >= 0.3 is 13.6 Å². The number of carboxylic acid groups (broad SMARTS) is 1. The number of carbonyl (C=O) groups is 2. The highest BCUT2D eigenvalue weighted by atomic mass is 31.2. The van der Waals surface area contributed by atoms with Crippen LogP contribution in [0.15, 0.2) is 54.6 Å². The summed E-state index contributed by atoms with van der Waals surface area (Å²) in [6.07, 6.45) is 0.000899. The van der Waals surface area contributed by atoms with Crippen LogP contribution in [0.4, 0.5) is 0 Å². The third-order valence-corrected chi connectivity index (χ3v) is 5.72. The van der Waals surface area contributed by atoms with Gasteiger partial charge in [0, 0.05) is 6.42 Å². The van der Waals surface area contributed by atoms with Crippen LogP contribution in [0.5, 0.6) is 0 Å². The van der Waals surface area contributed by atoms with Crippen LogP contribution >= 0.6 is 7.60 Å². The lowest BCUT2D eigenvalue weighted by Gasteiger charge is -2.25. The van der Waals surface area contributed by atoms with Gasteiger partial charge < -0.3 is 20.2 Å². The van der Waals surface area contributed by atoms with Gasteiger partial charge in [-0.3, -0.25) is 14.7 Å². The van der Waals surface area contributed by atoms with Crippen molar-refractivity contribution in [2.75, 3.05) is 6.29 Å². The van der Waals surface area contributed by atoms with Crippen molar-refractivity contribution in [3.05, 3.63) is 60.2 Å². The summed E-state index contributed by atoms with van der Waals surface area (Å²) in [7, 11) is -4.36. The summed E-state index contributed by atoms with van der Waals surface area (Å²) < 4.78 is 11.2. The van der Waals surface area contributed by atoms with Crippen LogP contribution in [0.1, 0.15) is 25.8 Å². The number of rotatable bonds is 11. The Balaban J connectivity index is 2.09. The molecule has 2 aromatic rings. The van der Waals surface area contributed by atoms with E-state index in [4.69, 9.17) is 9.79 Å². The predicted molar refractivity (Wildman–Crippen MR) is 118 cm³/mol. The second-order valence-corrected chi connectivity index (χ2v) is 9.20. The number of nitrogens with one attached hydrogen (secondary N) is 2. The van der Waals surface area contributed by atoms with Gasteiger partial charge in [0.05, 0.1) is 12.3 Å². The molecule has 0 unspecified atom stereocenters. The van der Waals surface area contributed by atoms with E-state index < -0.39 is 37.8 Å². The maximum absolute atomic E-state index is 12.7. The van der Waals surface area contributed by atoms with E-state index in [1.165, 1.54) is 0 Å². The molecule has 0 saturated heterocycles. The van der Waals surface area contributed by atoms with Crippen LogP contribution in [-0.2, 0) is 20.6 Å². The molecule has 168 valence electrons. The Bertz CT molecular complexity index is 913. The third-order valence-electron chi connectivity index (χ3n) is 5.13. The van der Waals surface area contributed by atoms with E-state index in [-0.39, 0.29) is 12.3 Å². The zero-order valence-electron chi connectivity index (χ0n) is 17.6. The van der Waals surface area contributed by atoms with Gasteiger partial charge in [0.15, 0.2) is 0 Å². The largest absolute Gasteiger partial charge is 0.480 e. The molecule has 0 heterocycles. The smallest absolute Gasteiger partial charge is 0.339 e. The van der Waals surface area contributed by atoms with E-state index in [1.807, 2.05) is 61.5 Å². The first-order valence-corrected chi connectivity index (χ1v) is 11.9. The fourth-order valence-electron chi connectivity index (χ4n) is 3.17. The molecule has 2 aromatic carbocycles. The van der Waals surface area contributed by atoms with Gasteiger partial charge in [-0.05, 0) is 22.6 Å². The zero-order chi connectivity index (χ0) is 23.0. The van der Waals surface area contributed by atoms with Crippen LogP contribution in [0.25, 0.3) is 11.1 Å². The lowest BCUT2D eigenvalue weighted by molar-refractivity contribution is -0.142. The molecule has 0 aromatic heterocycles. The van der Waals surface area contributed by atoms with Crippen LogP contribution in [0, 0.1) is 5.92 Å². The first kappa shape index (κ1) is 24.8. The predicted octanol–water partition coefficient (Wildman–Crippen LogP) is 2.61. The molecule has 8 nitrogen and oxygen atoms in total. The standard InChI is InChI=1S/C22H29N2O6P/c1-3-15(2)20(23-14-31(28,29)30)21(25)24-19(22(26)27)13-16-9-11-18(12-10-16)17-7-5-4-6-8-17/h4-12,15,19-20,23H,3,13-14H2,1-2H3,(H,24,25)(H,26,27)(H2,28,29,30)/t15-,19+,20+/m1/s1. The van der Waals surface area contributed by atoms with E-state index in [0.29, 0.717) is 6.42 Å². The molecule has 2 rings (SSSR count). The average molecular weight is 448 g/mol. The maximum Gasteiger partial charge on any atom is 0.339 e. The van der Waals surface area contributed by atoms with E-state index in [9.17, 15) is 19.3 Å². The minimum Gasteiger partial charge on any atom is -0.480 e. The lowest BCUT2D eigenvalue weighted by Crippen LogP contribution is -2.53. The third kappa shape index (κ3) is 7.92. The number of hydrogen-bond acceptors (Lipinski definition) is 4. The summed E-state index contributed by atoms with van der Waals surface area (Å²) in [6, 6.07) is 15.1. The molecule has 3 atom stereocenters. The average Bonchev–Trinajstić information content (AvgIpc) is 2.73. The first-order chi connectivity index (χ1) is 14.6. The molecule has 0 fully saturated rings. The summed E-state index contributed by atoms with van der Waals surface area (Å²) >= 11 is 0. The number of carboxylic acids is 1. The summed E-state index contributed by atoms with van der Waals surface area (Å²) in [6.45, 7) is 3.60. The maximum atomic E-state index is 12.7. The molecule has 9 heteroatoms. The molecule has 0 spiro atoms. The molecule has 1 amide bonds. The summed E-state index contributed by atoms with van der Waals surface area (Å²) in [5, 5.41) is 14.7. The lowest BCUT2D eigenvalue weighted by atomic mass is 9.97. The van der Waals surface area contributed by atoms with Gasteiger partial charge in [0.25, 0.3) is 0 Å². The van der Waals surface area contributed by atoms with Gasteiger partial charge in [-0.2, -0.15) is 0 Å². The Morgan fingerprint density at radius 2 is 1.58 bits per heavy atom. The van der Waals surface area contributed by atoms with Gasteiger partial charge in [0.1, 0.15) is 6.04 Å². The zero-order valence-corrected chi connectivity index (χ0v) is 18.5. The molecule has 0 saturated carbocycles. The SMILES string of the molecule is CC[C@@H](C)[C@H](NCP(=O)(O)O)C(=O)N[C@@H](Cc1ccc(-c2ccccc2)cc1)C(=O)O. The number of amides is 1. The van der Waals surface area contributed by atoms with Crippen molar-refractivity contribution in [3.63, 3.8) is 0 Å². The molecule has 0 aliphatic heterocycles. The molecular formula is C22H29N2O6P. The topological polar surface area (TPSA) is 136 Å². The summed E-state index contributed by atoms with van der Waals surface area (Å²) in [5.74, 6) is -2.03. The molecule has 0 radical (unpaired) electrons. The Morgan fingerprint density at radius 3 is 2.10 bits per heavy atom. The Kier molecular flexibility index (Phi) is 8.95. The Hall–Kier alpha value is -2.51. The summed E-state index contributed by atoms with van der Waals surface area (Å²) in [4.78, 5) is 42.7. The quantitative estimate of drug-likeness (QED) is 0.333. The highest BCUT2D eigenvalue weighted by Crippen LogP contribution is 2.32. The molecule has 0 aliphatic rings. The van der Waals surface area contributed by atoms with E-state index in [0.717, 1.165) is 16.7 Å². The summed E-state index contributed by atoms with van der Waals surface area (Å²) in [5.41, 5.74) is 2.79. The monoisotopic (exact) mass is 448 g/mol. The second-order valence-electron chi connectivity index (χ2n) is 7.56. The highest BCUT2D eigenvalue weighted by molar-refractivity contribution is 7.51. The van der Waals surface area contributed by atoms with Crippen LogP contribution in [0.2, 0.25) is 0 Å². The fourth-order valence-corrected chi connectivity index (χ4v) is 3.60. The molecule has 0 aliphatic carbocycles. The van der Waals surface area contributed by atoms with Crippen molar-refractivity contribution in [3.8, 4) is 11.1 Å². The minimum absolute atomic E-state index is 0.0852. The van der Waals surface area contributed by atoms with Gasteiger partial charge in [-0.1, -0.05) is 74.9 Å². The van der Waals surface area contributed by atoms with Gasteiger partial charge in [-0.15, -0.1) is 0 Å². The Labute approximate surface area is 181 Å². The number of hydrogen-bond donors (Lipinski definition) is 5. The Morgan fingerprint density at radius 1 is 1.00 bits per heavy atom. The molecular weight excluding hydrogens is 419 g/mol. The van der Waals surface area contributed by atoms with Crippen LogP contribution in [-0.4, -0.2) is 45.1 Å². The van der Waals surface area contributed by atoms with E-state index >= 15 is 0 Å². The van der Waals surface area contributed by atoms with Crippen LogP contribution in [0.3, 0.4) is 0 Å². The van der Waals surface area contributed by atoms with Crippen LogP contribution < -0.4 is 10.6 Å². The van der Waals surface area contributed by atoms with Crippen molar-refractivity contribution in [1.29, 1.82) is 0 Å². The van der Waals surface area contributed by atoms with Gasteiger partial charge in [0.2, 0.25) is 5.91 Å². The first-order valence-electron chi connectivity index (χ1n) is 10.1.